The van der Waals surface area contributed by atoms with E-state index in [9.17, 15) is 0 Å². The summed E-state index contributed by atoms with van der Waals surface area (Å²) in [5, 5.41) is 3.62. The Labute approximate surface area is 94.8 Å². The Morgan fingerprint density at radius 3 is 2.73 bits per heavy atom. The first-order valence-corrected chi connectivity index (χ1v) is 6.57. The SMILES string of the molecule is CCNC(CC(C)CC)CC1CCOC1. The molecule has 1 aliphatic heterocycles. The lowest BCUT2D eigenvalue weighted by Crippen LogP contribution is -2.32. The fraction of sp³-hybridized carbons (Fsp3) is 1.00. The third-order valence-corrected chi connectivity index (χ3v) is 3.52. The Morgan fingerprint density at radius 2 is 2.20 bits per heavy atom. The van der Waals surface area contributed by atoms with Crippen LogP contribution in [-0.4, -0.2) is 25.8 Å². The third kappa shape index (κ3) is 4.98. The van der Waals surface area contributed by atoms with Gasteiger partial charge in [-0.2, -0.15) is 0 Å². The smallest absolute Gasteiger partial charge is 0.0495 e. The van der Waals surface area contributed by atoms with E-state index in [1.54, 1.807) is 0 Å². The van der Waals surface area contributed by atoms with Crippen LogP contribution in [-0.2, 0) is 4.74 Å². The molecular formula is C13H27NO. The van der Waals surface area contributed by atoms with Crippen molar-refractivity contribution in [2.24, 2.45) is 11.8 Å². The Bertz CT molecular complexity index is 155. The summed E-state index contributed by atoms with van der Waals surface area (Å²) in [6.45, 7) is 9.90. The predicted octanol–water partition coefficient (Wildman–Crippen LogP) is 2.83. The van der Waals surface area contributed by atoms with Gasteiger partial charge in [-0.05, 0) is 37.6 Å². The van der Waals surface area contributed by atoms with Gasteiger partial charge in [-0.25, -0.2) is 0 Å². The molecule has 0 amide bonds. The van der Waals surface area contributed by atoms with E-state index in [0.717, 1.165) is 31.6 Å². The van der Waals surface area contributed by atoms with Crippen LogP contribution in [0.4, 0.5) is 0 Å². The van der Waals surface area contributed by atoms with Crippen LogP contribution in [0.15, 0.2) is 0 Å². The van der Waals surface area contributed by atoms with Crippen molar-refractivity contribution in [1.82, 2.24) is 5.32 Å². The van der Waals surface area contributed by atoms with Gasteiger partial charge in [-0.15, -0.1) is 0 Å². The molecule has 0 saturated carbocycles. The lowest BCUT2D eigenvalue weighted by molar-refractivity contribution is 0.180. The van der Waals surface area contributed by atoms with Gasteiger partial charge in [0.1, 0.15) is 0 Å². The van der Waals surface area contributed by atoms with Gasteiger partial charge in [0.05, 0.1) is 0 Å². The minimum absolute atomic E-state index is 0.705. The first kappa shape index (κ1) is 13.0. The second-order valence-electron chi connectivity index (χ2n) is 4.97. The molecule has 0 bridgehead atoms. The van der Waals surface area contributed by atoms with Gasteiger partial charge < -0.3 is 10.1 Å². The topological polar surface area (TPSA) is 21.3 Å². The van der Waals surface area contributed by atoms with E-state index in [1.807, 2.05) is 0 Å². The van der Waals surface area contributed by atoms with Crippen LogP contribution in [0.25, 0.3) is 0 Å². The first-order chi connectivity index (χ1) is 7.26. The summed E-state index contributed by atoms with van der Waals surface area (Å²) >= 11 is 0. The molecule has 1 rings (SSSR count). The zero-order chi connectivity index (χ0) is 11.1. The Morgan fingerprint density at radius 1 is 1.40 bits per heavy atom. The highest BCUT2D eigenvalue weighted by Crippen LogP contribution is 2.22. The molecule has 1 heterocycles. The van der Waals surface area contributed by atoms with Crippen molar-refractivity contribution < 1.29 is 4.74 Å². The molecule has 0 radical (unpaired) electrons. The highest BCUT2D eigenvalue weighted by Gasteiger charge is 2.21. The van der Waals surface area contributed by atoms with Crippen LogP contribution in [0, 0.1) is 11.8 Å². The van der Waals surface area contributed by atoms with Crippen LogP contribution in [0.3, 0.4) is 0 Å². The molecule has 3 atom stereocenters. The lowest BCUT2D eigenvalue weighted by atomic mass is 9.91. The maximum atomic E-state index is 5.44. The molecule has 0 spiro atoms. The van der Waals surface area contributed by atoms with Gasteiger partial charge in [0, 0.05) is 19.3 Å². The van der Waals surface area contributed by atoms with Gasteiger partial charge in [-0.1, -0.05) is 27.2 Å². The maximum absolute atomic E-state index is 5.44. The summed E-state index contributed by atoms with van der Waals surface area (Å²) in [4.78, 5) is 0. The van der Waals surface area contributed by atoms with Crippen molar-refractivity contribution in [3.05, 3.63) is 0 Å². The minimum Gasteiger partial charge on any atom is -0.381 e. The minimum atomic E-state index is 0.705. The second-order valence-corrected chi connectivity index (χ2v) is 4.97. The van der Waals surface area contributed by atoms with E-state index in [0.29, 0.717) is 6.04 Å². The van der Waals surface area contributed by atoms with Gasteiger partial charge in [-0.3, -0.25) is 0 Å². The normalized spacial score (nSPS) is 25.4. The standard InChI is InChI=1S/C13H27NO/c1-4-11(3)8-13(14-5-2)9-12-6-7-15-10-12/h11-14H,4-10H2,1-3H3. The lowest BCUT2D eigenvalue weighted by Gasteiger charge is -2.23. The molecule has 3 unspecified atom stereocenters. The van der Waals surface area contributed by atoms with E-state index in [1.165, 1.54) is 25.7 Å². The van der Waals surface area contributed by atoms with Crippen molar-refractivity contribution >= 4 is 0 Å². The van der Waals surface area contributed by atoms with E-state index in [-0.39, 0.29) is 0 Å². The largest absolute Gasteiger partial charge is 0.381 e. The van der Waals surface area contributed by atoms with Crippen LogP contribution in [0.1, 0.15) is 46.5 Å². The summed E-state index contributed by atoms with van der Waals surface area (Å²) in [6, 6.07) is 0.705. The zero-order valence-electron chi connectivity index (χ0n) is 10.6. The van der Waals surface area contributed by atoms with Crippen molar-refractivity contribution in [3.63, 3.8) is 0 Å². The van der Waals surface area contributed by atoms with Crippen LogP contribution < -0.4 is 5.32 Å². The molecule has 0 aromatic rings. The molecule has 90 valence electrons. The second kappa shape index (κ2) is 7.24. The maximum Gasteiger partial charge on any atom is 0.0495 e. The van der Waals surface area contributed by atoms with E-state index < -0.39 is 0 Å². The van der Waals surface area contributed by atoms with Gasteiger partial charge >= 0.3 is 0 Å². The van der Waals surface area contributed by atoms with Gasteiger partial charge in [0.2, 0.25) is 0 Å². The molecule has 1 aliphatic rings. The van der Waals surface area contributed by atoms with Crippen molar-refractivity contribution in [2.75, 3.05) is 19.8 Å². The fourth-order valence-electron chi connectivity index (χ4n) is 2.38. The van der Waals surface area contributed by atoms with Gasteiger partial charge in [0.25, 0.3) is 0 Å². The average Bonchev–Trinajstić information content (AvgIpc) is 2.70. The Hall–Kier alpha value is -0.0800. The Kier molecular flexibility index (Phi) is 6.26. The van der Waals surface area contributed by atoms with E-state index in [4.69, 9.17) is 4.74 Å². The fourth-order valence-corrected chi connectivity index (χ4v) is 2.38. The van der Waals surface area contributed by atoms with Crippen LogP contribution in [0.5, 0.6) is 0 Å². The number of hydrogen-bond acceptors (Lipinski definition) is 2. The molecule has 0 aliphatic carbocycles. The summed E-state index contributed by atoms with van der Waals surface area (Å²) in [5.41, 5.74) is 0. The number of hydrogen-bond donors (Lipinski definition) is 1. The number of ether oxygens (including phenoxy) is 1. The molecule has 15 heavy (non-hydrogen) atoms. The number of nitrogens with one attached hydrogen (secondary N) is 1. The Balaban J connectivity index is 2.28. The average molecular weight is 213 g/mol. The molecule has 2 heteroatoms. The number of rotatable bonds is 7. The van der Waals surface area contributed by atoms with Crippen LogP contribution >= 0.6 is 0 Å². The molecule has 0 aromatic carbocycles. The quantitative estimate of drug-likeness (QED) is 0.702. The third-order valence-electron chi connectivity index (χ3n) is 3.52. The highest BCUT2D eigenvalue weighted by molar-refractivity contribution is 4.75. The first-order valence-electron chi connectivity index (χ1n) is 6.57. The van der Waals surface area contributed by atoms with Crippen molar-refractivity contribution in [3.8, 4) is 0 Å². The highest BCUT2D eigenvalue weighted by atomic mass is 16.5. The van der Waals surface area contributed by atoms with Crippen molar-refractivity contribution in [1.29, 1.82) is 0 Å². The molecule has 2 nitrogen and oxygen atoms in total. The molecule has 1 N–H and O–H groups in total. The summed E-state index contributed by atoms with van der Waals surface area (Å²) < 4.78 is 5.44. The zero-order valence-corrected chi connectivity index (χ0v) is 10.6. The van der Waals surface area contributed by atoms with Gasteiger partial charge in [0.15, 0.2) is 0 Å². The predicted molar refractivity (Wildman–Crippen MR) is 65.1 cm³/mol. The molecule has 1 fully saturated rings. The summed E-state index contributed by atoms with van der Waals surface area (Å²) in [5.74, 6) is 1.65. The summed E-state index contributed by atoms with van der Waals surface area (Å²) in [7, 11) is 0. The van der Waals surface area contributed by atoms with Crippen LogP contribution in [0.2, 0.25) is 0 Å². The summed E-state index contributed by atoms with van der Waals surface area (Å²) in [6.07, 6.45) is 5.19. The molecule has 1 saturated heterocycles. The van der Waals surface area contributed by atoms with E-state index in [2.05, 4.69) is 26.1 Å². The van der Waals surface area contributed by atoms with Crippen molar-refractivity contribution in [2.45, 2.75) is 52.5 Å². The monoisotopic (exact) mass is 213 g/mol. The molecule has 0 aromatic heterocycles. The molecular weight excluding hydrogens is 186 g/mol. The van der Waals surface area contributed by atoms with E-state index >= 15 is 0 Å².